The van der Waals surface area contributed by atoms with Gasteiger partial charge < -0.3 is 9.73 Å². The number of nitrogens with zero attached hydrogens (tertiary/aromatic N) is 1. The van der Waals surface area contributed by atoms with Gasteiger partial charge in [-0.15, -0.1) is 0 Å². The Morgan fingerprint density at radius 2 is 2.04 bits per heavy atom. The number of nitriles is 1. The molecule has 24 heavy (non-hydrogen) atoms. The fraction of sp³-hybridized carbons (Fsp3) is 0.0588. The second-order valence-corrected chi connectivity index (χ2v) is 4.60. The van der Waals surface area contributed by atoms with Crippen LogP contribution < -0.4 is 5.32 Å². The first-order valence-corrected chi connectivity index (χ1v) is 6.71. The van der Waals surface area contributed by atoms with Gasteiger partial charge in [0.1, 0.15) is 17.4 Å². The van der Waals surface area contributed by atoms with E-state index in [0.29, 0.717) is 5.76 Å². The van der Waals surface area contributed by atoms with Crippen molar-refractivity contribution in [1.82, 2.24) is 0 Å². The van der Waals surface area contributed by atoms with Gasteiger partial charge in [-0.1, -0.05) is 12.1 Å². The molecule has 0 saturated heterocycles. The highest BCUT2D eigenvalue weighted by atomic mass is 19.4. The van der Waals surface area contributed by atoms with E-state index in [-0.39, 0.29) is 11.3 Å². The minimum absolute atomic E-state index is 0.0500. The Morgan fingerprint density at radius 3 is 2.67 bits per heavy atom. The molecule has 0 unspecified atom stereocenters. The lowest BCUT2D eigenvalue weighted by molar-refractivity contribution is -0.137. The highest BCUT2D eigenvalue weighted by Gasteiger charge is 2.30. The molecule has 1 heterocycles. The number of furan rings is 1. The van der Waals surface area contributed by atoms with E-state index < -0.39 is 17.6 Å². The first-order chi connectivity index (χ1) is 11.4. The second kappa shape index (κ2) is 7.33. The van der Waals surface area contributed by atoms with E-state index in [0.717, 1.165) is 12.1 Å². The maximum absolute atomic E-state index is 12.6. The quantitative estimate of drug-likeness (QED) is 0.513. The largest absolute Gasteiger partial charge is 0.465 e. The van der Waals surface area contributed by atoms with E-state index in [4.69, 9.17) is 9.68 Å². The van der Waals surface area contributed by atoms with Crippen LogP contribution in [0.15, 0.2) is 64.8 Å². The van der Waals surface area contributed by atoms with Crippen molar-refractivity contribution in [3.63, 3.8) is 0 Å². The minimum Gasteiger partial charge on any atom is -0.465 e. The molecule has 0 aliphatic heterocycles. The summed E-state index contributed by atoms with van der Waals surface area (Å²) in [6, 6.07) is 9.21. The van der Waals surface area contributed by atoms with Gasteiger partial charge in [0.25, 0.3) is 5.91 Å². The Balaban J connectivity index is 2.11. The number of alkyl halides is 3. The summed E-state index contributed by atoms with van der Waals surface area (Å²) < 4.78 is 43.0. The van der Waals surface area contributed by atoms with Crippen molar-refractivity contribution in [3.05, 3.63) is 71.7 Å². The van der Waals surface area contributed by atoms with Crippen molar-refractivity contribution < 1.29 is 22.4 Å². The highest BCUT2D eigenvalue weighted by molar-refractivity contribution is 6.06. The Morgan fingerprint density at radius 1 is 1.25 bits per heavy atom. The molecule has 1 amide bonds. The highest BCUT2D eigenvalue weighted by Crippen LogP contribution is 2.30. The van der Waals surface area contributed by atoms with E-state index in [1.807, 2.05) is 0 Å². The summed E-state index contributed by atoms with van der Waals surface area (Å²) in [6.07, 6.45) is 1.17. The number of halogens is 3. The van der Waals surface area contributed by atoms with Crippen LogP contribution in [-0.4, -0.2) is 5.91 Å². The number of carbonyl (C=O) groups is 1. The molecule has 1 aromatic heterocycles. The molecular weight excluding hydrogens is 321 g/mol. The lowest BCUT2D eigenvalue weighted by Gasteiger charge is -2.09. The maximum Gasteiger partial charge on any atom is 0.416 e. The smallest absolute Gasteiger partial charge is 0.416 e. The van der Waals surface area contributed by atoms with Gasteiger partial charge in [-0.3, -0.25) is 4.79 Å². The average molecular weight is 332 g/mol. The van der Waals surface area contributed by atoms with Crippen LogP contribution in [0.25, 0.3) is 6.08 Å². The summed E-state index contributed by atoms with van der Waals surface area (Å²) >= 11 is 0. The molecule has 4 nitrogen and oxygen atoms in total. The number of carbonyl (C=O) groups excluding carboxylic acids is 1. The Kier molecular flexibility index (Phi) is 5.22. The molecular formula is C17H11F3N2O2. The number of anilines is 1. The van der Waals surface area contributed by atoms with Gasteiger partial charge in [-0.05, 0) is 42.5 Å². The van der Waals surface area contributed by atoms with Crippen LogP contribution in [-0.2, 0) is 11.0 Å². The molecule has 7 heteroatoms. The van der Waals surface area contributed by atoms with Crippen molar-refractivity contribution >= 4 is 17.7 Å². The summed E-state index contributed by atoms with van der Waals surface area (Å²) in [5, 5.41) is 11.3. The minimum atomic E-state index is -4.51. The van der Waals surface area contributed by atoms with Crippen LogP contribution in [0.5, 0.6) is 0 Å². The molecule has 0 spiro atoms. The molecule has 1 aromatic carbocycles. The van der Waals surface area contributed by atoms with E-state index in [1.165, 1.54) is 36.6 Å². The predicted molar refractivity (Wildman–Crippen MR) is 81.5 cm³/mol. The molecule has 0 atom stereocenters. The number of amides is 1. The summed E-state index contributed by atoms with van der Waals surface area (Å²) in [5.41, 5.74) is -1.19. The second-order valence-electron chi connectivity index (χ2n) is 4.60. The Hall–Kier alpha value is -3.27. The standard InChI is InChI=1S/C17H11F3N2O2/c18-17(19,20)13-5-2-6-14(10-13)22-16(23)12(11-21)4-1-7-15-8-3-9-24-15/h1-10H,(H,22,23)/b7-1+,12-4+. The fourth-order valence-corrected chi connectivity index (χ4v) is 1.76. The van der Waals surface area contributed by atoms with Gasteiger partial charge in [0.15, 0.2) is 0 Å². The van der Waals surface area contributed by atoms with Crippen LogP contribution in [0.3, 0.4) is 0 Å². The molecule has 0 fully saturated rings. The Bertz CT molecular complexity index is 813. The van der Waals surface area contributed by atoms with Crippen LogP contribution in [0.4, 0.5) is 18.9 Å². The van der Waals surface area contributed by atoms with Crippen molar-refractivity contribution in [2.24, 2.45) is 0 Å². The molecule has 0 aliphatic rings. The molecule has 0 saturated carbocycles. The third-order valence-electron chi connectivity index (χ3n) is 2.88. The molecule has 1 N–H and O–H groups in total. The zero-order valence-corrected chi connectivity index (χ0v) is 12.2. The van der Waals surface area contributed by atoms with Gasteiger partial charge in [-0.2, -0.15) is 18.4 Å². The number of hydrogen-bond donors (Lipinski definition) is 1. The van der Waals surface area contributed by atoms with Gasteiger partial charge >= 0.3 is 6.18 Å². The lowest BCUT2D eigenvalue weighted by Crippen LogP contribution is -2.14. The zero-order valence-electron chi connectivity index (χ0n) is 12.2. The third-order valence-corrected chi connectivity index (χ3v) is 2.88. The lowest BCUT2D eigenvalue weighted by atomic mass is 10.2. The van der Waals surface area contributed by atoms with Gasteiger partial charge in [0, 0.05) is 5.69 Å². The van der Waals surface area contributed by atoms with Gasteiger partial charge in [0.05, 0.1) is 11.8 Å². The number of allylic oxidation sites excluding steroid dienone is 2. The molecule has 0 bridgehead atoms. The van der Waals surface area contributed by atoms with Crippen LogP contribution in [0.1, 0.15) is 11.3 Å². The van der Waals surface area contributed by atoms with Crippen LogP contribution in [0.2, 0.25) is 0 Å². The first kappa shape index (κ1) is 17.1. The molecule has 0 aliphatic carbocycles. The molecule has 0 radical (unpaired) electrons. The SMILES string of the molecule is N#C/C(=C\C=C\c1ccco1)C(=O)Nc1cccc(C(F)(F)F)c1. The molecule has 2 aromatic rings. The van der Waals surface area contributed by atoms with Crippen molar-refractivity contribution in [2.45, 2.75) is 6.18 Å². The summed E-state index contributed by atoms with van der Waals surface area (Å²) in [6.45, 7) is 0. The number of benzene rings is 1. The fourth-order valence-electron chi connectivity index (χ4n) is 1.76. The number of hydrogen-bond acceptors (Lipinski definition) is 3. The van der Waals surface area contributed by atoms with Crippen molar-refractivity contribution in [2.75, 3.05) is 5.32 Å². The number of rotatable bonds is 4. The zero-order chi connectivity index (χ0) is 17.6. The van der Waals surface area contributed by atoms with Gasteiger partial charge in [0.2, 0.25) is 0 Å². The number of nitrogens with one attached hydrogen (secondary N) is 1. The van der Waals surface area contributed by atoms with Gasteiger partial charge in [-0.25, -0.2) is 0 Å². The monoisotopic (exact) mass is 332 g/mol. The molecule has 2 rings (SSSR count). The maximum atomic E-state index is 12.6. The van der Waals surface area contributed by atoms with E-state index in [1.54, 1.807) is 18.2 Å². The normalized spacial score (nSPS) is 12.2. The van der Waals surface area contributed by atoms with E-state index in [2.05, 4.69) is 5.32 Å². The summed E-state index contributed by atoms with van der Waals surface area (Å²) in [5.74, 6) is -0.275. The molecule has 122 valence electrons. The summed E-state index contributed by atoms with van der Waals surface area (Å²) in [7, 11) is 0. The topological polar surface area (TPSA) is 66.0 Å². The first-order valence-electron chi connectivity index (χ1n) is 6.71. The summed E-state index contributed by atoms with van der Waals surface area (Å²) in [4.78, 5) is 12.0. The Labute approximate surface area is 135 Å². The van der Waals surface area contributed by atoms with E-state index >= 15 is 0 Å². The average Bonchev–Trinajstić information content (AvgIpc) is 3.04. The van der Waals surface area contributed by atoms with Crippen molar-refractivity contribution in [3.8, 4) is 6.07 Å². The predicted octanol–water partition coefficient (Wildman–Crippen LogP) is 4.40. The van der Waals surface area contributed by atoms with Crippen LogP contribution in [0, 0.1) is 11.3 Å². The van der Waals surface area contributed by atoms with Crippen molar-refractivity contribution in [1.29, 1.82) is 5.26 Å². The van der Waals surface area contributed by atoms with E-state index in [9.17, 15) is 18.0 Å². The third kappa shape index (κ3) is 4.61. The van der Waals surface area contributed by atoms with Crippen LogP contribution >= 0.6 is 0 Å².